The van der Waals surface area contributed by atoms with Gasteiger partial charge < -0.3 is 34.6 Å². The van der Waals surface area contributed by atoms with Crippen molar-refractivity contribution in [1.29, 1.82) is 0 Å². The first-order valence-corrected chi connectivity index (χ1v) is 13.0. The summed E-state index contributed by atoms with van der Waals surface area (Å²) < 4.78 is 12.1. The van der Waals surface area contributed by atoms with Crippen LogP contribution in [-0.2, 0) is 6.42 Å². The molecule has 2 atom stereocenters. The van der Waals surface area contributed by atoms with Gasteiger partial charge in [0, 0.05) is 75.6 Å². The van der Waals surface area contributed by atoms with Crippen LogP contribution in [0.4, 0.5) is 0 Å². The van der Waals surface area contributed by atoms with Crippen molar-refractivity contribution in [3.8, 4) is 17.2 Å². The Bertz CT molecular complexity index is 1100. The largest absolute Gasteiger partial charge is 0.508 e. The molecule has 1 spiro atoms. The Labute approximate surface area is 216 Å². The van der Waals surface area contributed by atoms with E-state index in [1.807, 2.05) is 18.2 Å². The summed E-state index contributed by atoms with van der Waals surface area (Å²) in [6.45, 7) is 3.18. The molecule has 194 valence electrons. The smallest absolute Gasteiger partial charge is 0.257 e. The summed E-state index contributed by atoms with van der Waals surface area (Å²) in [6.07, 6.45) is 2.59. The lowest BCUT2D eigenvalue weighted by molar-refractivity contribution is -0.00202. The molecule has 0 aliphatic carbocycles. The Kier molecular flexibility index (Phi) is 7.30. The van der Waals surface area contributed by atoms with Gasteiger partial charge in [-0.15, -0.1) is 0 Å². The molecule has 9 heteroatoms. The number of carbonyl (C=O) groups excluding carboxylic acids is 1. The molecule has 3 aliphatic rings. The third-order valence-electron chi connectivity index (χ3n) is 7.56. The van der Waals surface area contributed by atoms with Gasteiger partial charge in [-0.1, -0.05) is 11.6 Å². The van der Waals surface area contributed by atoms with Gasteiger partial charge in [0.05, 0.1) is 5.56 Å². The fourth-order valence-corrected chi connectivity index (χ4v) is 5.70. The van der Waals surface area contributed by atoms with Crippen LogP contribution in [0.2, 0.25) is 5.02 Å². The number of phenols is 1. The minimum absolute atomic E-state index is 0.00504. The van der Waals surface area contributed by atoms with E-state index in [0.717, 1.165) is 55.1 Å². The van der Waals surface area contributed by atoms with Gasteiger partial charge >= 0.3 is 0 Å². The van der Waals surface area contributed by atoms with Crippen molar-refractivity contribution in [1.82, 2.24) is 9.80 Å². The molecule has 1 amide bonds. The van der Waals surface area contributed by atoms with E-state index in [9.17, 15) is 20.1 Å². The average molecular weight is 517 g/mol. The number of nitrogens with zero attached hydrogens (tertiary/aromatic N) is 2. The number of amides is 1. The van der Waals surface area contributed by atoms with Crippen LogP contribution in [0.25, 0.3) is 0 Å². The van der Waals surface area contributed by atoms with E-state index < -0.39 is 6.10 Å². The second-order valence-electron chi connectivity index (χ2n) is 10.2. The molecule has 0 bridgehead atoms. The van der Waals surface area contributed by atoms with Gasteiger partial charge in [0.15, 0.2) is 0 Å². The fraction of sp³-hybridized carbons (Fsp3) is 0.519. The van der Waals surface area contributed by atoms with Crippen molar-refractivity contribution in [3.63, 3.8) is 0 Å². The maximum absolute atomic E-state index is 13.0. The van der Waals surface area contributed by atoms with Crippen molar-refractivity contribution < 1.29 is 29.6 Å². The van der Waals surface area contributed by atoms with Crippen molar-refractivity contribution >= 4 is 17.5 Å². The maximum Gasteiger partial charge on any atom is 0.257 e. The highest BCUT2D eigenvalue weighted by Crippen LogP contribution is 2.42. The lowest BCUT2D eigenvalue weighted by Gasteiger charge is -2.39. The lowest BCUT2D eigenvalue weighted by Crippen LogP contribution is -2.49. The van der Waals surface area contributed by atoms with E-state index >= 15 is 0 Å². The topological polar surface area (TPSA) is 103 Å². The first-order chi connectivity index (χ1) is 17.3. The molecule has 2 aromatic rings. The first kappa shape index (κ1) is 25.1. The summed E-state index contributed by atoms with van der Waals surface area (Å²) in [7, 11) is 0. The van der Waals surface area contributed by atoms with Crippen molar-refractivity contribution in [2.45, 2.75) is 37.4 Å². The van der Waals surface area contributed by atoms with Crippen molar-refractivity contribution in [2.75, 3.05) is 45.9 Å². The number of halogens is 1. The van der Waals surface area contributed by atoms with E-state index in [4.69, 9.17) is 21.1 Å². The van der Waals surface area contributed by atoms with Crippen molar-refractivity contribution in [3.05, 3.63) is 52.5 Å². The Morgan fingerprint density at radius 1 is 1.19 bits per heavy atom. The lowest BCUT2D eigenvalue weighted by atomic mass is 9.87. The number of rotatable bonds is 7. The number of ether oxygens (including phenoxy) is 2. The van der Waals surface area contributed by atoms with Crippen LogP contribution in [0, 0.1) is 5.92 Å². The van der Waals surface area contributed by atoms with E-state index in [0.29, 0.717) is 25.2 Å². The SMILES string of the molecule is O=C(c1ccc(O)cc1OC[C@H](O)CN1CCC2(CC1)Cc1cc(Cl)ccc1O2)N1CCC(CO)C1. The fourth-order valence-electron chi connectivity index (χ4n) is 5.50. The van der Waals surface area contributed by atoms with Crippen molar-refractivity contribution in [2.24, 2.45) is 5.92 Å². The molecule has 0 radical (unpaired) electrons. The molecule has 5 rings (SSSR count). The first-order valence-electron chi connectivity index (χ1n) is 12.6. The van der Waals surface area contributed by atoms with Crippen LogP contribution in [-0.4, -0.2) is 88.7 Å². The van der Waals surface area contributed by atoms with Gasteiger partial charge in [-0.05, 0) is 42.3 Å². The van der Waals surface area contributed by atoms with Crippen LogP contribution in [0.5, 0.6) is 17.2 Å². The summed E-state index contributed by atoms with van der Waals surface area (Å²) in [4.78, 5) is 16.9. The monoisotopic (exact) mass is 516 g/mol. The zero-order valence-electron chi connectivity index (χ0n) is 20.2. The predicted molar refractivity (Wildman–Crippen MR) is 135 cm³/mol. The number of piperidine rings is 1. The third kappa shape index (κ3) is 5.42. The highest BCUT2D eigenvalue weighted by molar-refractivity contribution is 6.30. The van der Waals surface area contributed by atoms with Crippen LogP contribution in [0.1, 0.15) is 35.2 Å². The molecule has 1 unspecified atom stereocenters. The number of phenolic OH excluding ortho intramolecular Hbond substituents is 1. The standard InChI is InChI=1S/C27H33ClN2O6/c28-20-1-4-24-19(11-20)13-27(36-24)6-9-29(10-7-27)15-22(33)17-35-25-12-21(32)2-3-23(25)26(34)30-8-5-18(14-30)16-31/h1-4,11-12,18,22,31-33H,5-10,13-17H2/t18?,22-/m1/s1. The zero-order chi connectivity index (χ0) is 25.3. The van der Waals surface area contributed by atoms with E-state index in [1.54, 1.807) is 11.0 Å². The normalized spacial score (nSPS) is 21.9. The minimum Gasteiger partial charge on any atom is -0.508 e. The summed E-state index contributed by atoms with van der Waals surface area (Å²) >= 11 is 6.14. The number of benzene rings is 2. The van der Waals surface area contributed by atoms with E-state index in [-0.39, 0.29) is 42.1 Å². The van der Waals surface area contributed by atoms with Gasteiger partial charge in [0.1, 0.15) is 35.6 Å². The number of likely N-dealkylation sites (tertiary alicyclic amines) is 2. The maximum atomic E-state index is 13.0. The summed E-state index contributed by atoms with van der Waals surface area (Å²) in [5, 5.41) is 30.7. The van der Waals surface area contributed by atoms with E-state index in [1.165, 1.54) is 12.1 Å². The highest BCUT2D eigenvalue weighted by atomic mass is 35.5. The molecule has 2 aromatic carbocycles. The quantitative estimate of drug-likeness (QED) is 0.520. The number of hydrogen-bond donors (Lipinski definition) is 3. The Morgan fingerprint density at radius 2 is 2.00 bits per heavy atom. The van der Waals surface area contributed by atoms with Crippen LogP contribution >= 0.6 is 11.6 Å². The number of fused-ring (bicyclic) bond motifs is 1. The summed E-state index contributed by atoms with van der Waals surface area (Å²) in [5.74, 6) is 1.04. The second kappa shape index (κ2) is 10.5. The third-order valence-corrected chi connectivity index (χ3v) is 7.79. The molecule has 3 N–H and O–H groups in total. The summed E-state index contributed by atoms with van der Waals surface area (Å²) in [6, 6.07) is 10.2. The molecule has 2 saturated heterocycles. The number of aromatic hydroxyl groups is 1. The summed E-state index contributed by atoms with van der Waals surface area (Å²) in [5.41, 5.74) is 1.30. The van der Waals surface area contributed by atoms with Gasteiger partial charge in [0.2, 0.25) is 0 Å². The number of aliphatic hydroxyl groups excluding tert-OH is 2. The molecule has 2 fully saturated rings. The molecular weight excluding hydrogens is 484 g/mol. The molecule has 0 aromatic heterocycles. The number of β-amino-alcohol motifs (C(OH)–C–C–N with tert-alkyl or cyclic N) is 1. The Hall–Kier alpha value is -2.52. The average Bonchev–Trinajstić information content (AvgIpc) is 3.48. The van der Waals surface area contributed by atoms with Gasteiger partial charge in [0.25, 0.3) is 5.91 Å². The van der Waals surface area contributed by atoms with Gasteiger partial charge in [-0.25, -0.2) is 0 Å². The predicted octanol–water partition coefficient (Wildman–Crippen LogP) is 2.71. The molecule has 0 saturated carbocycles. The van der Waals surface area contributed by atoms with Crippen LogP contribution in [0.3, 0.4) is 0 Å². The molecule has 36 heavy (non-hydrogen) atoms. The molecule has 3 heterocycles. The molecule has 3 aliphatic heterocycles. The highest BCUT2D eigenvalue weighted by Gasteiger charge is 2.42. The van der Waals surface area contributed by atoms with Crippen LogP contribution in [0.15, 0.2) is 36.4 Å². The zero-order valence-corrected chi connectivity index (χ0v) is 21.0. The molecular formula is C27H33ClN2O6. The second-order valence-corrected chi connectivity index (χ2v) is 10.7. The number of aliphatic hydroxyl groups is 2. The van der Waals surface area contributed by atoms with Crippen LogP contribution < -0.4 is 9.47 Å². The van der Waals surface area contributed by atoms with Gasteiger partial charge in [-0.2, -0.15) is 0 Å². The number of carbonyl (C=O) groups is 1. The minimum atomic E-state index is -0.754. The molecule has 8 nitrogen and oxygen atoms in total. The van der Waals surface area contributed by atoms with E-state index in [2.05, 4.69) is 4.90 Å². The van der Waals surface area contributed by atoms with Gasteiger partial charge in [-0.3, -0.25) is 4.79 Å². The number of hydrogen-bond acceptors (Lipinski definition) is 7. The Morgan fingerprint density at radius 3 is 2.75 bits per heavy atom. The Balaban J connectivity index is 1.13.